The SMILES string of the molecule is COc1c(F)cc(F)cc1N1CC(Br)CC1=O. The molecule has 6 heteroatoms. The Kier molecular flexibility index (Phi) is 3.33. The predicted molar refractivity (Wildman–Crippen MR) is 62.6 cm³/mol. The molecule has 1 aliphatic heterocycles. The highest BCUT2D eigenvalue weighted by Gasteiger charge is 2.31. The highest BCUT2D eigenvalue weighted by molar-refractivity contribution is 9.09. The Bertz CT molecular complexity index is 467. The van der Waals surface area contributed by atoms with Crippen LogP contribution in [-0.4, -0.2) is 24.4 Å². The molecule has 92 valence electrons. The molecule has 1 heterocycles. The van der Waals surface area contributed by atoms with E-state index in [1.165, 1.54) is 12.0 Å². The molecule has 0 N–H and O–H groups in total. The van der Waals surface area contributed by atoms with E-state index in [4.69, 9.17) is 4.74 Å². The van der Waals surface area contributed by atoms with Gasteiger partial charge < -0.3 is 9.64 Å². The zero-order chi connectivity index (χ0) is 12.6. The number of halogens is 3. The molecule has 1 saturated heterocycles. The van der Waals surface area contributed by atoms with Crippen LogP contribution in [0.1, 0.15) is 6.42 Å². The van der Waals surface area contributed by atoms with Crippen molar-refractivity contribution in [2.45, 2.75) is 11.2 Å². The zero-order valence-electron chi connectivity index (χ0n) is 9.04. The molecule has 2 rings (SSSR count). The molecule has 1 atom stereocenters. The van der Waals surface area contributed by atoms with Crippen LogP contribution in [0.15, 0.2) is 12.1 Å². The third-order valence-electron chi connectivity index (χ3n) is 2.56. The minimum Gasteiger partial charge on any atom is -0.492 e. The number of benzene rings is 1. The van der Waals surface area contributed by atoms with Crippen molar-refractivity contribution in [3.05, 3.63) is 23.8 Å². The molecule has 3 nitrogen and oxygen atoms in total. The number of nitrogens with zero attached hydrogens (tertiary/aromatic N) is 1. The van der Waals surface area contributed by atoms with Crippen LogP contribution in [0.3, 0.4) is 0 Å². The van der Waals surface area contributed by atoms with Gasteiger partial charge in [0.25, 0.3) is 0 Å². The van der Waals surface area contributed by atoms with Crippen molar-refractivity contribution in [1.82, 2.24) is 0 Å². The number of carbonyl (C=O) groups is 1. The van der Waals surface area contributed by atoms with Crippen molar-refractivity contribution in [3.63, 3.8) is 0 Å². The van der Waals surface area contributed by atoms with Crippen LogP contribution in [0.2, 0.25) is 0 Å². The van der Waals surface area contributed by atoms with Crippen molar-refractivity contribution in [3.8, 4) is 5.75 Å². The van der Waals surface area contributed by atoms with E-state index in [1.807, 2.05) is 0 Å². The standard InChI is InChI=1S/C11H10BrF2NO2/c1-17-11-8(14)3-7(13)4-9(11)15-5-6(12)2-10(15)16/h3-4,6H,2,5H2,1H3. The summed E-state index contributed by atoms with van der Waals surface area (Å²) in [5, 5.41) is 0. The van der Waals surface area contributed by atoms with E-state index < -0.39 is 11.6 Å². The lowest BCUT2D eigenvalue weighted by Gasteiger charge is -2.19. The highest BCUT2D eigenvalue weighted by Crippen LogP contribution is 2.35. The minimum absolute atomic E-state index is 0.00830. The molecule has 0 aliphatic carbocycles. The van der Waals surface area contributed by atoms with Crippen LogP contribution < -0.4 is 9.64 Å². The van der Waals surface area contributed by atoms with Gasteiger partial charge >= 0.3 is 0 Å². The van der Waals surface area contributed by atoms with Crippen molar-refractivity contribution in [2.75, 3.05) is 18.6 Å². The second kappa shape index (κ2) is 4.60. The number of methoxy groups -OCH3 is 1. The van der Waals surface area contributed by atoms with Crippen LogP contribution in [0.4, 0.5) is 14.5 Å². The molecule has 0 saturated carbocycles. The predicted octanol–water partition coefficient (Wildman–Crippen LogP) is 2.47. The fourth-order valence-electron chi connectivity index (χ4n) is 1.85. The van der Waals surface area contributed by atoms with Gasteiger partial charge in [0.2, 0.25) is 5.91 Å². The Morgan fingerprint density at radius 2 is 2.18 bits per heavy atom. The first-order valence-corrected chi connectivity index (χ1v) is 5.92. The average molecular weight is 306 g/mol. The molecular weight excluding hydrogens is 296 g/mol. The topological polar surface area (TPSA) is 29.5 Å². The number of alkyl halides is 1. The summed E-state index contributed by atoms with van der Waals surface area (Å²) in [6.45, 7) is 0.373. The molecule has 0 spiro atoms. The van der Waals surface area contributed by atoms with Crippen molar-refractivity contribution >= 4 is 27.5 Å². The largest absolute Gasteiger partial charge is 0.492 e. The first-order chi connectivity index (χ1) is 8.02. The minimum atomic E-state index is -0.812. The first kappa shape index (κ1) is 12.3. The van der Waals surface area contributed by atoms with Crippen molar-refractivity contribution < 1.29 is 18.3 Å². The molecule has 0 bridgehead atoms. The van der Waals surface area contributed by atoms with Crippen LogP contribution in [-0.2, 0) is 4.79 Å². The maximum atomic E-state index is 13.5. The Balaban J connectivity index is 2.47. The van der Waals surface area contributed by atoms with E-state index in [0.717, 1.165) is 12.1 Å². The van der Waals surface area contributed by atoms with E-state index >= 15 is 0 Å². The smallest absolute Gasteiger partial charge is 0.228 e. The number of ether oxygens (including phenoxy) is 1. The highest BCUT2D eigenvalue weighted by atomic mass is 79.9. The fourth-order valence-corrected chi connectivity index (χ4v) is 2.41. The van der Waals surface area contributed by atoms with Crippen molar-refractivity contribution in [1.29, 1.82) is 0 Å². The molecule has 1 aliphatic rings. The summed E-state index contributed by atoms with van der Waals surface area (Å²) in [6, 6.07) is 1.83. The quantitative estimate of drug-likeness (QED) is 0.786. The Hall–Kier alpha value is -1.17. The lowest BCUT2D eigenvalue weighted by molar-refractivity contribution is -0.117. The van der Waals surface area contributed by atoms with E-state index in [9.17, 15) is 13.6 Å². The lowest BCUT2D eigenvalue weighted by atomic mass is 10.2. The van der Waals surface area contributed by atoms with Crippen LogP contribution in [0, 0.1) is 11.6 Å². The maximum Gasteiger partial charge on any atom is 0.228 e. The summed E-state index contributed by atoms with van der Waals surface area (Å²) in [5.74, 6) is -1.84. The van der Waals surface area contributed by atoms with Gasteiger partial charge in [-0.05, 0) is 0 Å². The molecule has 0 radical (unpaired) electrons. The van der Waals surface area contributed by atoms with Gasteiger partial charge in [0.1, 0.15) is 5.82 Å². The molecule has 1 unspecified atom stereocenters. The normalized spacial score (nSPS) is 19.9. The monoisotopic (exact) mass is 305 g/mol. The van der Waals surface area contributed by atoms with Gasteiger partial charge in [0.05, 0.1) is 12.8 Å². The molecule has 0 aromatic heterocycles. The number of anilines is 1. The van der Waals surface area contributed by atoms with Crippen LogP contribution >= 0.6 is 15.9 Å². The summed E-state index contributed by atoms with van der Waals surface area (Å²) >= 11 is 3.31. The summed E-state index contributed by atoms with van der Waals surface area (Å²) in [4.78, 5) is 13.0. The van der Waals surface area contributed by atoms with E-state index in [1.54, 1.807) is 0 Å². The maximum absolute atomic E-state index is 13.5. The Labute approximate surface area is 105 Å². The third-order valence-corrected chi connectivity index (χ3v) is 3.17. The van der Waals surface area contributed by atoms with Crippen molar-refractivity contribution in [2.24, 2.45) is 0 Å². The number of rotatable bonds is 2. The van der Waals surface area contributed by atoms with E-state index in [0.29, 0.717) is 13.0 Å². The van der Waals surface area contributed by atoms with Gasteiger partial charge in [-0.3, -0.25) is 4.79 Å². The van der Waals surface area contributed by atoms with E-state index in [-0.39, 0.29) is 22.2 Å². The van der Waals surface area contributed by atoms with Gasteiger partial charge in [-0.1, -0.05) is 15.9 Å². The number of hydrogen-bond donors (Lipinski definition) is 0. The van der Waals surface area contributed by atoms with Crippen LogP contribution in [0.25, 0.3) is 0 Å². The number of amides is 1. The summed E-state index contributed by atoms with van der Waals surface area (Å²) < 4.78 is 31.5. The van der Waals surface area contributed by atoms with Gasteiger partial charge in [-0.2, -0.15) is 0 Å². The molecular formula is C11H10BrF2NO2. The summed E-state index contributed by atoms with van der Waals surface area (Å²) in [7, 11) is 1.28. The second-order valence-corrected chi connectivity index (χ2v) is 5.04. The molecule has 1 aromatic carbocycles. The second-order valence-electron chi connectivity index (χ2n) is 3.75. The van der Waals surface area contributed by atoms with Crippen LogP contribution in [0.5, 0.6) is 5.75 Å². The van der Waals surface area contributed by atoms with Gasteiger partial charge in [0.15, 0.2) is 11.6 Å². The number of hydrogen-bond acceptors (Lipinski definition) is 2. The summed E-state index contributed by atoms with van der Waals surface area (Å²) in [5.41, 5.74) is 0.136. The summed E-state index contributed by atoms with van der Waals surface area (Å²) in [6.07, 6.45) is 0.307. The van der Waals surface area contributed by atoms with Gasteiger partial charge in [0, 0.05) is 29.9 Å². The fraction of sp³-hybridized carbons (Fsp3) is 0.364. The molecule has 1 amide bonds. The molecule has 1 fully saturated rings. The lowest BCUT2D eigenvalue weighted by Crippen LogP contribution is -2.25. The van der Waals surface area contributed by atoms with Gasteiger partial charge in [-0.25, -0.2) is 8.78 Å². The first-order valence-electron chi connectivity index (χ1n) is 5.00. The molecule has 17 heavy (non-hydrogen) atoms. The number of carbonyl (C=O) groups excluding carboxylic acids is 1. The van der Waals surface area contributed by atoms with E-state index in [2.05, 4.69) is 15.9 Å². The van der Waals surface area contributed by atoms with Gasteiger partial charge in [-0.15, -0.1) is 0 Å². The molecule has 1 aromatic rings. The Morgan fingerprint density at radius 3 is 2.71 bits per heavy atom. The third kappa shape index (κ3) is 2.26. The zero-order valence-corrected chi connectivity index (χ0v) is 10.6. The average Bonchev–Trinajstić information content (AvgIpc) is 2.56. The Morgan fingerprint density at radius 1 is 1.47 bits per heavy atom.